The van der Waals surface area contributed by atoms with Crippen LogP contribution in [0.25, 0.3) is 5.76 Å². The first-order valence-corrected chi connectivity index (χ1v) is 12.1. The summed E-state index contributed by atoms with van der Waals surface area (Å²) in [5.41, 5.74) is 2.75. The molecule has 0 spiro atoms. The van der Waals surface area contributed by atoms with Crippen LogP contribution in [0, 0.1) is 13.8 Å². The maximum Gasteiger partial charge on any atom is 0.295 e. The van der Waals surface area contributed by atoms with Gasteiger partial charge in [0.1, 0.15) is 11.5 Å². The highest BCUT2D eigenvalue weighted by Gasteiger charge is 2.46. The van der Waals surface area contributed by atoms with Gasteiger partial charge in [-0.2, -0.15) is 0 Å². The third kappa shape index (κ3) is 5.33. The molecule has 0 saturated carbocycles. The van der Waals surface area contributed by atoms with E-state index >= 15 is 0 Å². The number of hydrogen-bond acceptors (Lipinski definition) is 7. The fourth-order valence-electron chi connectivity index (χ4n) is 4.55. The molecule has 1 atom stereocenters. The Kier molecular flexibility index (Phi) is 8.63. The first-order valence-electron chi connectivity index (χ1n) is 12.1. The van der Waals surface area contributed by atoms with Gasteiger partial charge in [0.15, 0.2) is 11.5 Å². The number of ketones is 1. The highest BCUT2D eigenvalue weighted by Crippen LogP contribution is 2.43. The molecule has 0 aromatic heterocycles. The molecular weight excluding hydrogens is 460 g/mol. The zero-order valence-electron chi connectivity index (χ0n) is 22.2. The van der Waals surface area contributed by atoms with E-state index in [1.165, 1.54) is 12.0 Å². The summed E-state index contributed by atoms with van der Waals surface area (Å²) in [6.07, 6.45) is 0. The van der Waals surface area contributed by atoms with Gasteiger partial charge in [-0.25, -0.2) is 0 Å². The largest absolute Gasteiger partial charge is 0.507 e. The average Bonchev–Trinajstić information content (AvgIpc) is 3.08. The predicted molar refractivity (Wildman–Crippen MR) is 139 cm³/mol. The van der Waals surface area contributed by atoms with Crippen LogP contribution < -0.4 is 14.2 Å². The lowest BCUT2D eigenvalue weighted by molar-refractivity contribution is -0.140. The Balaban J connectivity index is 2.27. The topological polar surface area (TPSA) is 88.5 Å². The quantitative estimate of drug-likeness (QED) is 0.301. The molecule has 194 valence electrons. The summed E-state index contributed by atoms with van der Waals surface area (Å²) < 4.78 is 17.1. The van der Waals surface area contributed by atoms with E-state index in [1.807, 2.05) is 52.8 Å². The Hall–Kier alpha value is -3.52. The van der Waals surface area contributed by atoms with Gasteiger partial charge < -0.3 is 29.1 Å². The molecule has 8 heteroatoms. The SMILES string of the molecule is CCOc1ccc(C2/C(=C(\O)c3cc(C)cc(C)c3OC)C(=O)C(=O)N2CCN(C)C)cc1OCC. The number of carbonyl (C=O) groups excluding carboxylic acids is 2. The van der Waals surface area contributed by atoms with E-state index in [9.17, 15) is 14.7 Å². The minimum absolute atomic E-state index is 0.0219. The first kappa shape index (κ1) is 27.1. The molecule has 1 unspecified atom stereocenters. The molecule has 2 aromatic carbocycles. The van der Waals surface area contributed by atoms with E-state index in [2.05, 4.69) is 0 Å². The number of methoxy groups -OCH3 is 1. The lowest BCUT2D eigenvalue weighted by Crippen LogP contribution is -2.35. The van der Waals surface area contributed by atoms with Crippen molar-refractivity contribution >= 4 is 17.4 Å². The second-order valence-electron chi connectivity index (χ2n) is 9.03. The van der Waals surface area contributed by atoms with E-state index < -0.39 is 17.7 Å². The van der Waals surface area contributed by atoms with Crippen molar-refractivity contribution in [2.75, 3.05) is 47.5 Å². The number of nitrogens with zero attached hydrogens (tertiary/aromatic N) is 2. The van der Waals surface area contributed by atoms with Gasteiger partial charge in [-0.1, -0.05) is 12.1 Å². The molecule has 1 fully saturated rings. The molecular formula is C28H36N2O6. The van der Waals surface area contributed by atoms with Crippen molar-refractivity contribution in [3.63, 3.8) is 0 Å². The molecule has 1 aliphatic rings. The number of likely N-dealkylation sites (N-methyl/N-ethyl adjacent to an activating group) is 1. The second kappa shape index (κ2) is 11.5. The molecule has 3 rings (SSSR count). The van der Waals surface area contributed by atoms with Crippen molar-refractivity contribution < 1.29 is 28.9 Å². The van der Waals surface area contributed by atoms with Gasteiger partial charge in [-0.3, -0.25) is 9.59 Å². The Bertz CT molecular complexity index is 1170. The fourth-order valence-corrected chi connectivity index (χ4v) is 4.55. The van der Waals surface area contributed by atoms with Crippen LogP contribution >= 0.6 is 0 Å². The van der Waals surface area contributed by atoms with Crippen molar-refractivity contribution in [1.29, 1.82) is 0 Å². The molecule has 1 saturated heterocycles. The molecule has 1 heterocycles. The van der Waals surface area contributed by atoms with Gasteiger partial charge in [0.05, 0.1) is 37.5 Å². The van der Waals surface area contributed by atoms with Crippen LogP contribution in [0.4, 0.5) is 0 Å². The van der Waals surface area contributed by atoms with Crippen LogP contribution in [0.1, 0.15) is 42.1 Å². The molecule has 0 bridgehead atoms. The number of amides is 1. The minimum atomic E-state index is -0.801. The standard InChI is InChI=1S/C28H36N2O6/c1-8-35-21-11-10-19(16-22(21)36-9-2)24-23(26(32)28(33)30(24)13-12-29(5)6)25(31)20-15-17(3)14-18(4)27(20)34-7/h10-11,14-16,24,31H,8-9,12-13H2,1-7H3/b25-23+. The lowest BCUT2D eigenvalue weighted by atomic mass is 9.93. The number of aliphatic hydroxyl groups excluding tert-OH is 1. The summed E-state index contributed by atoms with van der Waals surface area (Å²) in [7, 11) is 5.31. The fraction of sp³-hybridized carbons (Fsp3) is 0.429. The normalized spacial score (nSPS) is 17.1. The van der Waals surface area contributed by atoms with Crippen molar-refractivity contribution in [2.24, 2.45) is 0 Å². The zero-order chi connectivity index (χ0) is 26.6. The Morgan fingerprint density at radius 1 is 1.03 bits per heavy atom. The number of aryl methyl sites for hydroxylation is 2. The average molecular weight is 497 g/mol. The van der Waals surface area contributed by atoms with E-state index in [4.69, 9.17) is 14.2 Å². The molecule has 0 aliphatic carbocycles. The van der Waals surface area contributed by atoms with Crippen LogP contribution in [0.2, 0.25) is 0 Å². The van der Waals surface area contributed by atoms with Crippen LogP contribution in [0.3, 0.4) is 0 Å². The summed E-state index contributed by atoms with van der Waals surface area (Å²) in [5, 5.41) is 11.5. The van der Waals surface area contributed by atoms with Crippen LogP contribution in [0.15, 0.2) is 35.9 Å². The first-order chi connectivity index (χ1) is 17.1. The number of carbonyl (C=O) groups is 2. The van der Waals surface area contributed by atoms with Gasteiger partial charge in [-0.15, -0.1) is 0 Å². The lowest BCUT2D eigenvalue weighted by Gasteiger charge is -2.27. The van der Waals surface area contributed by atoms with Gasteiger partial charge in [0, 0.05) is 13.1 Å². The summed E-state index contributed by atoms with van der Waals surface area (Å²) in [6.45, 7) is 9.27. The van der Waals surface area contributed by atoms with Gasteiger partial charge in [0.2, 0.25) is 0 Å². The number of rotatable bonds is 10. The summed E-state index contributed by atoms with van der Waals surface area (Å²) >= 11 is 0. The molecule has 0 radical (unpaired) electrons. The molecule has 1 amide bonds. The number of hydrogen-bond donors (Lipinski definition) is 1. The Morgan fingerprint density at radius 3 is 2.31 bits per heavy atom. The van der Waals surface area contributed by atoms with E-state index in [1.54, 1.807) is 24.3 Å². The van der Waals surface area contributed by atoms with Crippen molar-refractivity contribution in [3.8, 4) is 17.2 Å². The van der Waals surface area contributed by atoms with Crippen LogP contribution in [-0.2, 0) is 9.59 Å². The van der Waals surface area contributed by atoms with E-state index in [0.717, 1.165) is 11.1 Å². The number of aliphatic hydroxyl groups is 1. The van der Waals surface area contributed by atoms with Crippen molar-refractivity contribution in [2.45, 2.75) is 33.7 Å². The molecule has 36 heavy (non-hydrogen) atoms. The number of likely N-dealkylation sites (tertiary alicyclic amines) is 1. The van der Waals surface area contributed by atoms with E-state index in [0.29, 0.717) is 54.7 Å². The smallest absolute Gasteiger partial charge is 0.295 e. The molecule has 1 N–H and O–H groups in total. The number of benzene rings is 2. The number of ether oxygens (including phenoxy) is 3. The Labute approximate surface area is 213 Å². The highest BCUT2D eigenvalue weighted by atomic mass is 16.5. The van der Waals surface area contributed by atoms with Gasteiger partial charge in [-0.05, 0) is 76.7 Å². The third-order valence-corrected chi connectivity index (χ3v) is 6.09. The van der Waals surface area contributed by atoms with Crippen molar-refractivity contribution in [1.82, 2.24) is 9.80 Å². The summed E-state index contributed by atoms with van der Waals surface area (Å²) in [4.78, 5) is 30.1. The monoisotopic (exact) mass is 496 g/mol. The van der Waals surface area contributed by atoms with Gasteiger partial charge >= 0.3 is 0 Å². The van der Waals surface area contributed by atoms with E-state index in [-0.39, 0.29) is 11.3 Å². The van der Waals surface area contributed by atoms with Crippen molar-refractivity contribution in [3.05, 3.63) is 58.2 Å². The third-order valence-electron chi connectivity index (χ3n) is 6.09. The Morgan fingerprint density at radius 2 is 1.69 bits per heavy atom. The summed E-state index contributed by atoms with van der Waals surface area (Å²) in [5.74, 6) is -0.106. The maximum absolute atomic E-state index is 13.4. The minimum Gasteiger partial charge on any atom is -0.507 e. The van der Waals surface area contributed by atoms with Gasteiger partial charge in [0.25, 0.3) is 11.7 Å². The van der Waals surface area contributed by atoms with Crippen LogP contribution in [-0.4, -0.2) is 74.1 Å². The van der Waals surface area contributed by atoms with Crippen LogP contribution in [0.5, 0.6) is 17.2 Å². The molecule has 2 aromatic rings. The zero-order valence-corrected chi connectivity index (χ0v) is 22.2. The second-order valence-corrected chi connectivity index (χ2v) is 9.03. The maximum atomic E-state index is 13.4. The summed E-state index contributed by atoms with van der Waals surface area (Å²) in [6, 6.07) is 8.25. The molecule has 1 aliphatic heterocycles. The number of Topliss-reactive ketones (excluding diaryl/α,β-unsaturated/α-hetero) is 1. The molecule has 8 nitrogen and oxygen atoms in total. The highest BCUT2D eigenvalue weighted by molar-refractivity contribution is 6.46. The predicted octanol–water partition coefficient (Wildman–Crippen LogP) is 4.09.